The highest BCUT2D eigenvalue weighted by atomic mass is 19.1. The number of furan rings is 1. The molecule has 2 aromatic carbocycles. The van der Waals surface area contributed by atoms with Crippen LogP contribution in [0.2, 0.25) is 0 Å². The largest absolute Gasteiger partial charge is 0.469 e. The summed E-state index contributed by atoms with van der Waals surface area (Å²) in [6.45, 7) is 4.33. The van der Waals surface area contributed by atoms with Crippen LogP contribution in [-0.4, -0.2) is 55.0 Å². The van der Waals surface area contributed by atoms with E-state index in [1.54, 1.807) is 42.2 Å². The quantitative estimate of drug-likeness (QED) is 0.409. The van der Waals surface area contributed by atoms with Crippen molar-refractivity contribution >= 4 is 11.9 Å². The molecule has 1 fully saturated rings. The monoisotopic (exact) mass is 492 g/mol. The number of amides is 1. The summed E-state index contributed by atoms with van der Waals surface area (Å²) in [7, 11) is 3.19. The molecule has 0 radical (unpaired) electrons. The zero-order chi connectivity index (χ0) is 25.7. The Kier molecular flexibility index (Phi) is 8.21. The Morgan fingerprint density at radius 1 is 1.11 bits per heavy atom. The second kappa shape index (κ2) is 11.5. The van der Waals surface area contributed by atoms with Crippen LogP contribution in [0, 0.1) is 18.7 Å². The summed E-state index contributed by atoms with van der Waals surface area (Å²) in [6, 6.07) is 15.9. The fourth-order valence-electron chi connectivity index (χ4n) is 5.07. The molecule has 36 heavy (non-hydrogen) atoms. The van der Waals surface area contributed by atoms with Gasteiger partial charge in [0.05, 0.1) is 24.5 Å². The van der Waals surface area contributed by atoms with E-state index in [2.05, 4.69) is 4.90 Å². The highest BCUT2D eigenvalue weighted by Crippen LogP contribution is 2.29. The Labute approximate surface area is 211 Å². The van der Waals surface area contributed by atoms with Crippen molar-refractivity contribution in [3.05, 3.63) is 94.7 Å². The molecule has 1 amide bonds. The van der Waals surface area contributed by atoms with E-state index in [4.69, 9.17) is 9.15 Å². The fraction of sp³-hybridized carbons (Fsp3) is 0.379. The minimum Gasteiger partial charge on any atom is -0.469 e. The maximum Gasteiger partial charge on any atom is 0.337 e. The van der Waals surface area contributed by atoms with E-state index in [0.717, 1.165) is 38.0 Å². The number of esters is 1. The number of nitrogens with zero attached hydrogens (tertiary/aromatic N) is 2. The first-order chi connectivity index (χ1) is 17.4. The summed E-state index contributed by atoms with van der Waals surface area (Å²) < 4.78 is 24.7. The molecule has 0 bridgehead atoms. The molecule has 1 aromatic heterocycles. The molecule has 2 heterocycles. The molecule has 7 heteroatoms. The van der Waals surface area contributed by atoms with Gasteiger partial charge in [-0.3, -0.25) is 9.69 Å². The van der Waals surface area contributed by atoms with Crippen LogP contribution in [0.4, 0.5) is 4.39 Å². The number of methoxy groups -OCH3 is 1. The smallest absolute Gasteiger partial charge is 0.337 e. The third-order valence-corrected chi connectivity index (χ3v) is 7.25. The number of carbonyl (C=O) groups is 2. The van der Waals surface area contributed by atoms with Crippen LogP contribution in [0.25, 0.3) is 0 Å². The van der Waals surface area contributed by atoms with Crippen LogP contribution in [0.1, 0.15) is 50.4 Å². The van der Waals surface area contributed by atoms with Gasteiger partial charge in [-0.2, -0.15) is 0 Å². The van der Waals surface area contributed by atoms with Crippen LogP contribution >= 0.6 is 0 Å². The predicted molar refractivity (Wildman–Crippen MR) is 135 cm³/mol. The Balaban J connectivity index is 1.45. The van der Waals surface area contributed by atoms with Gasteiger partial charge in [-0.25, -0.2) is 9.18 Å². The molecule has 1 aliphatic heterocycles. The summed E-state index contributed by atoms with van der Waals surface area (Å²) >= 11 is 0. The number of piperidine rings is 1. The van der Waals surface area contributed by atoms with Crippen LogP contribution in [0.5, 0.6) is 0 Å². The first kappa shape index (κ1) is 25.6. The summed E-state index contributed by atoms with van der Waals surface area (Å²) in [4.78, 5) is 29.1. The standard InChI is InChI=1S/C29H33FN2O4/c1-20-25(14-17-36-20)28(33)31(2)27(18-24-6-4-5-7-26(24)30)22-12-15-32(16-13-22)19-21-8-10-23(11-9-21)29(34)35-3/h4-11,14,17,22,27H,12-13,15-16,18-19H2,1-3H3/t27-/m1/s1. The number of hydrogen-bond donors (Lipinski definition) is 0. The van der Waals surface area contributed by atoms with Gasteiger partial charge in [0.25, 0.3) is 5.91 Å². The lowest BCUT2D eigenvalue weighted by molar-refractivity contribution is 0.0580. The van der Waals surface area contributed by atoms with Crippen molar-refractivity contribution in [1.82, 2.24) is 9.80 Å². The first-order valence-corrected chi connectivity index (χ1v) is 12.3. The van der Waals surface area contributed by atoms with Crippen molar-refractivity contribution in [2.75, 3.05) is 27.2 Å². The summed E-state index contributed by atoms with van der Waals surface area (Å²) in [5.41, 5.74) is 2.84. The zero-order valence-corrected chi connectivity index (χ0v) is 21.1. The SMILES string of the molecule is COC(=O)c1ccc(CN2CCC([C@@H](Cc3ccccc3F)N(C)C(=O)c3ccoc3C)CC2)cc1. The molecular formula is C29H33FN2O4. The van der Waals surface area contributed by atoms with Crippen LogP contribution in [0.15, 0.2) is 65.3 Å². The molecule has 1 atom stereocenters. The van der Waals surface area contributed by atoms with E-state index in [0.29, 0.717) is 28.9 Å². The van der Waals surface area contributed by atoms with E-state index >= 15 is 0 Å². The molecule has 3 aromatic rings. The lowest BCUT2D eigenvalue weighted by Crippen LogP contribution is -2.47. The highest BCUT2D eigenvalue weighted by molar-refractivity contribution is 5.95. The average Bonchev–Trinajstić information content (AvgIpc) is 3.33. The van der Waals surface area contributed by atoms with Crippen LogP contribution in [0.3, 0.4) is 0 Å². The van der Waals surface area contributed by atoms with Crippen molar-refractivity contribution in [2.45, 2.75) is 38.8 Å². The summed E-state index contributed by atoms with van der Waals surface area (Å²) in [5, 5.41) is 0. The van der Waals surface area contributed by atoms with E-state index in [9.17, 15) is 14.0 Å². The van der Waals surface area contributed by atoms with E-state index < -0.39 is 0 Å². The number of rotatable bonds is 8. The number of aryl methyl sites for hydroxylation is 1. The van der Waals surface area contributed by atoms with Gasteiger partial charge in [-0.05, 0) is 80.6 Å². The number of ether oxygens (including phenoxy) is 1. The Hall–Kier alpha value is -3.45. The molecule has 6 nitrogen and oxygen atoms in total. The summed E-state index contributed by atoms with van der Waals surface area (Å²) in [6.07, 6.45) is 3.80. The molecule has 0 N–H and O–H groups in total. The van der Waals surface area contributed by atoms with Gasteiger partial charge in [0.1, 0.15) is 11.6 Å². The molecule has 1 saturated heterocycles. The lowest BCUT2D eigenvalue weighted by atomic mass is 9.84. The van der Waals surface area contributed by atoms with Crippen molar-refractivity contribution in [2.24, 2.45) is 5.92 Å². The van der Waals surface area contributed by atoms with Gasteiger partial charge in [0.15, 0.2) is 0 Å². The number of likely N-dealkylation sites (N-methyl/N-ethyl adjacent to an activating group) is 1. The summed E-state index contributed by atoms with van der Waals surface area (Å²) in [5.74, 6) is 0.146. The minimum absolute atomic E-state index is 0.101. The minimum atomic E-state index is -0.340. The van der Waals surface area contributed by atoms with Crippen LogP contribution in [-0.2, 0) is 17.7 Å². The Bertz CT molecular complexity index is 1180. The molecule has 4 rings (SSSR count). The number of benzene rings is 2. The van der Waals surface area contributed by atoms with Gasteiger partial charge < -0.3 is 14.1 Å². The van der Waals surface area contributed by atoms with Crippen molar-refractivity contribution in [1.29, 1.82) is 0 Å². The Morgan fingerprint density at radius 2 is 1.81 bits per heavy atom. The molecule has 0 unspecified atom stereocenters. The molecule has 0 saturated carbocycles. The van der Waals surface area contributed by atoms with Crippen molar-refractivity contribution in [3.63, 3.8) is 0 Å². The molecule has 0 spiro atoms. The number of hydrogen-bond acceptors (Lipinski definition) is 5. The maximum absolute atomic E-state index is 14.6. The first-order valence-electron chi connectivity index (χ1n) is 12.3. The Morgan fingerprint density at radius 3 is 2.42 bits per heavy atom. The average molecular weight is 493 g/mol. The zero-order valence-electron chi connectivity index (χ0n) is 21.1. The topological polar surface area (TPSA) is 63.0 Å². The van der Waals surface area contributed by atoms with Gasteiger partial charge >= 0.3 is 5.97 Å². The third-order valence-electron chi connectivity index (χ3n) is 7.25. The van der Waals surface area contributed by atoms with Crippen molar-refractivity contribution in [3.8, 4) is 0 Å². The van der Waals surface area contributed by atoms with Gasteiger partial charge in [0, 0.05) is 19.6 Å². The van der Waals surface area contributed by atoms with Gasteiger partial charge in [0.2, 0.25) is 0 Å². The molecule has 1 aliphatic rings. The lowest BCUT2D eigenvalue weighted by Gasteiger charge is -2.40. The van der Waals surface area contributed by atoms with E-state index in [-0.39, 0.29) is 29.7 Å². The van der Waals surface area contributed by atoms with Gasteiger partial charge in [-0.1, -0.05) is 30.3 Å². The van der Waals surface area contributed by atoms with E-state index in [1.807, 2.05) is 25.2 Å². The highest BCUT2D eigenvalue weighted by Gasteiger charge is 2.33. The number of halogens is 1. The van der Waals surface area contributed by atoms with Gasteiger partial charge in [-0.15, -0.1) is 0 Å². The molecule has 0 aliphatic carbocycles. The number of carbonyl (C=O) groups excluding carboxylic acids is 2. The van der Waals surface area contributed by atoms with Crippen molar-refractivity contribution < 1.29 is 23.1 Å². The molecular weight excluding hydrogens is 459 g/mol. The van der Waals surface area contributed by atoms with E-state index in [1.165, 1.54) is 19.4 Å². The molecule has 190 valence electrons. The normalized spacial score (nSPS) is 15.4. The number of likely N-dealkylation sites (tertiary alicyclic amines) is 1. The second-order valence-electron chi connectivity index (χ2n) is 9.47. The van der Waals surface area contributed by atoms with Crippen LogP contribution < -0.4 is 0 Å². The fourth-order valence-corrected chi connectivity index (χ4v) is 5.07. The predicted octanol–water partition coefficient (Wildman–Crippen LogP) is 5.11. The second-order valence-corrected chi connectivity index (χ2v) is 9.47. The third kappa shape index (κ3) is 5.85. The maximum atomic E-state index is 14.6.